The molecule has 3 rings (SSSR count). The van der Waals surface area contributed by atoms with Crippen molar-refractivity contribution in [3.05, 3.63) is 63.0 Å². The molecule has 0 aliphatic carbocycles. The van der Waals surface area contributed by atoms with Crippen molar-refractivity contribution in [3.63, 3.8) is 0 Å². The predicted octanol–water partition coefficient (Wildman–Crippen LogP) is 1.02. The molecular weight excluding hydrogens is 370 g/mol. The van der Waals surface area contributed by atoms with Gasteiger partial charge in [0.25, 0.3) is 0 Å². The topological polar surface area (TPSA) is 130 Å². The van der Waals surface area contributed by atoms with Crippen molar-refractivity contribution in [2.75, 3.05) is 21.3 Å². The third-order valence-electron chi connectivity index (χ3n) is 4.31. The summed E-state index contributed by atoms with van der Waals surface area (Å²) in [7, 11) is 4.10. The standard InChI is InChI=1S/C19H19NO8/c1-24-12-6-4-5-10(15(12)25-2)13-14(19(23)26-3)18(20)28-16-11(22)7-9(8-21)27-17(13)16/h4-7,13,21H,8,20H2,1-3H3/t13-/m1/s1. The molecule has 9 heteroatoms. The first-order chi connectivity index (χ1) is 13.5. The largest absolute Gasteiger partial charge is 0.493 e. The molecule has 0 spiro atoms. The molecule has 28 heavy (non-hydrogen) atoms. The fraction of sp³-hybridized carbons (Fsp3) is 0.263. The number of rotatable bonds is 5. The summed E-state index contributed by atoms with van der Waals surface area (Å²) in [6.45, 7) is -0.517. The number of aliphatic hydroxyl groups is 1. The van der Waals surface area contributed by atoms with Crippen LogP contribution in [0.3, 0.4) is 0 Å². The van der Waals surface area contributed by atoms with E-state index in [4.69, 9.17) is 29.1 Å². The molecule has 2 aromatic rings. The van der Waals surface area contributed by atoms with Gasteiger partial charge in [0.1, 0.15) is 17.9 Å². The number of nitrogens with two attached hydrogens (primary N) is 1. The zero-order chi connectivity index (χ0) is 20.4. The number of ether oxygens (including phenoxy) is 4. The summed E-state index contributed by atoms with van der Waals surface area (Å²) in [6.07, 6.45) is 0. The molecule has 0 unspecified atom stereocenters. The highest BCUT2D eigenvalue weighted by atomic mass is 16.5. The van der Waals surface area contributed by atoms with Gasteiger partial charge in [-0.15, -0.1) is 0 Å². The molecule has 0 radical (unpaired) electrons. The molecule has 0 bridgehead atoms. The van der Waals surface area contributed by atoms with Crippen LogP contribution in [-0.2, 0) is 16.1 Å². The average Bonchev–Trinajstić information content (AvgIpc) is 2.71. The van der Waals surface area contributed by atoms with E-state index in [1.54, 1.807) is 18.2 Å². The highest BCUT2D eigenvalue weighted by molar-refractivity contribution is 5.92. The van der Waals surface area contributed by atoms with Crippen molar-refractivity contribution in [1.82, 2.24) is 0 Å². The zero-order valence-corrected chi connectivity index (χ0v) is 15.5. The van der Waals surface area contributed by atoms with Crippen LogP contribution in [0.2, 0.25) is 0 Å². The average molecular weight is 389 g/mol. The van der Waals surface area contributed by atoms with Gasteiger partial charge in [0, 0.05) is 11.6 Å². The van der Waals surface area contributed by atoms with Crippen LogP contribution in [0.4, 0.5) is 0 Å². The van der Waals surface area contributed by atoms with E-state index >= 15 is 0 Å². The van der Waals surface area contributed by atoms with Crippen LogP contribution in [0.15, 0.2) is 44.9 Å². The van der Waals surface area contributed by atoms with E-state index in [2.05, 4.69) is 0 Å². The molecule has 0 saturated heterocycles. The number of esters is 1. The SMILES string of the molecule is COC(=O)C1=C(N)Oc2c(oc(CO)cc2=O)[C@@H]1c1cccc(OC)c1OC. The number of hydrogen-bond donors (Lipinski definition) is 2. The van der Waals surface area contributed by atoms with Gasteiger partial charge in [-0.1, -0.05) is 12.1 Å². The Hall–Kier alpha value is -3.46. The normalized spacial score (nSPS) is 15.5. The Morgan fingerprint density at radius 1 is 1.25 bits per heavy atom. The van der Waals surface area contributed by atoms with Crippen molar-refractivity contribution >= 4 is 5.97 Å². The Morgan fingerprint density at radius 2 is 2.00 bits per heavy atom. The lowest BCUT2D eigenvalue weighted by Crippen LogP contribution is -2.30. The minimum absolute atomic E-state index is 0.00213. The van der Waals surface area contributed by atoms with Crippen molar-refractivity contribution in [3.8, 4) is 17.2 Å². The van der Waals surface area contributed by atoms with Crippen molar-refractivity contribution < 1.29 is 33.3 Å². The number of hydrogen-bond acceptors (Lipinski definition) is 9. The monoisotopic (exact) mass is 389 g/mol. The van der Waals surface area contributed by atoms with Crippen LogP contribution in [0.5, 0.6) is 17.2 Å². The van der Waals surface area contributed by atoms with E-state index in [-0.39, 0.29) is 28.7 Å². The number of methoxy groups -OCH3 is 3. The summed E-state index contributed by atoms with van der Waals surface area (Å²) in [5.74, 6) is -1.52. The summed E-state index contributed by atoms with van der Waals surface area (Å²) in [4.78, 5) is 24.9. The lowest BCUT2D eigenvalue weighted by Gasteiger charge is -2.28. The number of benzene rings is 1. The Kier molecular flexibility index (Phi) is 5.27. The molecule has 148 valence electrons. The van der Waals surface area contributed by atoms with Crippen LogP contribution in [0, 0.1) is 0 Å². The Balaban J connectivity index is 2.38. The lowest BCUT2D eigenvalue weighted by atomic mass is 9.86. The zero-order valence-electron chi connectivity index (χ0n) is 15.5. The van der Waals surface area contributed by atoms with Gasteiger partial charge < -0.3 is 34.2 Å². The molecule has 3 N–H and O–H groups in total. The second-order valence-electron chi connectivity index (χ2n) is 5.82. The number of aliphatic hydroxyl groups excluding tert-OH is 1. The second kappa shape index (κ2) is 7.65. The Bertz CT molecular complexity index is 1010. The van der Waals surface area contributed by atoms with Gasteiger partial charge in [-0.3, -0.25) is 4.79 Å². The van der Waals surface area contributed by atoms with Gasteiger partial charge >= 0.3 is 5.97 Å². The molecule has 9 nitrogen and oxygen atoms in total. The van der Waals surface area contributed by atoms with Gasteiger partial charge in [-0.05, 0) is 6.07 Å². The predicted molar refractivity (Wildman–Crippen MR) is 96.1 cm³/mol. The van der Waals surface area contributed by atoms with Crippen molar-refractivity contribution in [2.45, 2.75) is 12.5 Å². The van der Waals surface area contributed by atoms with Crippen LogP contribution in [-0.4, -0.2) is 32.4 Å². The van der Waals surface area contributed by atoms with Gasteiger partial charge in [0.2, 0.25) is 17.1 Å². The number of carbonyl (C=O) groups excluding carboxylic acids is 1. The van der Waals surface area contributed by atoms with Crippen LogP contribution < -0.4 is 25.4 Å². The van der Waals surface area contributed by atoms with Crippen molar-refractivity contribution in [2.24, 2.45) is 5.73 Å². The molecule has 0 amide bonds. The van der Waals surface area contributed by atoms with E-state index < -0.39 is 23.9 Å². The first kappa shape index (κ1) is 19.3. The summed E-state index contributed by atoms with van der Waals surface area (Å²) in [5.41, 5.74) is 5.77. The first-order valence-corrected chi connectivity index (χ1v) is 8.21. The molecular formula is C19H19NO8. The molecule has 1 atom stereocenters. The van der Waals surface area contributed by atoms with E-state index in [1.165, 1.54) is 21.3 Å². The van der Waals surface area contributed by atoms with E-state index in [0.29, 0.717) is 17.1 Å². The molecule has 0 fully saturated rings. The van der Waals surface area contributed by atoms with E-state index in [9.17, 15) is 14.7 Å². The molecule has 1 aliphatic rings. The van der Waals surface area contributed by atoms with E-state index in [1.807, 2.05) is 0 Å². The third-order valence-corrected chi connectivity index (χ3v) is 4.31. The minimum atomic E-state index is -0.986. The molecule has 1 aromatic heterocycles. The van der Waals surface area contributed by atoms with Crippen LogP contribution >= 0.6 is 0 Å². The van der Waals surface area contributed by atoms with Gasteiger partial charge in [-0.25, -0.2) is 4.79 Å². The van der Waals surface area contributed by atoms with Gasteiger partial charge in [0.15, 0.2) is 17.3 Å². The minimum Gasteiger partial charge on any atom is -0.493 e. The van der Waals surface area contributed by atoms with Gasteiger partial charge in [-0.2, -0.15) is 0 Å². The van der Waals surface area contributed by atoms with E-state index in [0.717, 1.165) is 6.07 Å². The van der Waals surface area contributed by atoms with Gasteiger partial charge in [0.05, 0.1) is 27.2 Å². The molecule has 2 heterocycles. The number of carbonyl (C=O) groups is 1. The smallest absolute Gasteiger partial charge is 0.340 e. The Morgan fingerprint density at radius 3 is 2.61 bits per heavy atom. The molecule has 0 saturated carbocycles. The third kappa shape index (κ3) is 3.05. The summed E-state index contributed by atoms with van der Waals surface area (Å²) < 4.78 is 26.7. The Labute approximate surface area is 159 Å². The van der Waals surface area contributed by atoms with Crippen LogP contribution in [0.25, 0.3) is 0 Å². The fourth-order valence-corrected chi connectivity index (χ4v) is 3.12. The molecule has 1 aliphatic heterocycles. The highest BCUT2D eigenvalue weighted by Crippen LogP contribution is 2.46. The summed E-state index contributed by atoms with van der Waals surface area (Å²) in [5, 5.41) is 9.43. The number of fused-ring (bicyclic) bond motifs is 1. The maximum absolute atomic E-state index is 12.5. The number of para-hydroxylation sites is 1. The second-order valence-corrected chi connectivity index (χ2v) is 5.82. The maximum Gasteiger partial charge on any atom is 0.340 e. The quantitative estimate of drug-likeness (QED) is 0.720. The summed E-state index contributed by atoms with van der Waals surface area (Å²) in [6, 6.07) is 6.12. The molecule has 1 aromatic carbocycles. The fourth-order valence-electron chi connectivity index (χ4n) is 3.12. The van der Waals surface area contributed by atoms with Crippen LogP contribution in [0.1, 0.15) is 23.0 Å². The van der Waals surface area contributed by atoms with Crippen molar-refractivity contribution in [1.29, 1.82) is 0 Å². The lowest BCUT2D eigenvalue weighted by molar-refractivity contribution is -0.136. The summed E-state index contributed by atoms with van der Waals surface area (Å²) >= 11 is 0. The first-order valence-electron chi connectivity index (χ1n) is 8.21. The maximum atomic E-state index is 12.5. The highest BCUT2D eigenvalue weighted by Gasteiger charge is 2.40.